The molecule has 1 aliphatic rings. The lowest BCUT2D eigenvalue weighted by Gasteiger charge is -2.40. The van der Waals surface area contributed by atoms with Crippen molar-refractivity contribution in [3.05, 3.63) is 0 Å². The molecule has 1 rings (SSSR count). The summed E-state index contributed by atoms with van der Waals surface area (Å²) in [4.78, 5) is 13.1. The zero-order chi connectivity index (χ0) is 44.1. The molecule has 0 saturated carbocycles. The largest absolute Gasteiger partial charge is 0.394 e. The summed E-state index contributed by atoms with van der Waals surface area (Å²) in [6, 6.07) is -1.06. The van der Waals surface area contributed by atoms with Crippen LogP contribution in [-0.4, -0.2) is 110 Å². The summed E-state index contributed by atoms with van der Waals surface area (Å²) >= 11 is 0. The SMILES string of the molecule is CCCCCCCCCCCCCCCCCCCCCCC(O)C(=O)NC(COC1OC(CO)C(O)C(O)C1O)C(O)CC(O)CCCCCCCCCCCCCC. The molecule has 0 spiro atoms. The number of aliphatic hydroxyl groups excluding tert-OH is 7. The van der Waals surface area contributed by atoms with Crippen LogP contribution in [0.4, 0.5) is 0 Å². The molecule has 0 aromatic heterocycles. The summed E-state index contributed by atoms with van der Waals surface area (Å²) in [5.74, 6) is -0.662. The number of rotatable bonds is 43. The Labute approximate surface area is 367 Å². The maximum absolute atomic E-state index is 13.1. The lowest BCUT2D eigenvalue weighted by atomic mass is 9.98. The van der Waals surface area contributed by atoms with Crippen LogP contribution < -0.4 is 5.32 Å². The fraction of sp³-hybridized carbons (Fsp3) is 0.980. The third kappa shape index (κ3) is 29.5. The van der Waals surface area contributed by atoms with Gasteiger partial charge in [-0.2, -0.15) is 0 Å². The van der Waals surface area contributed by atoms with E-state index >= 15 is 0 Å². The van der Waals surface area contributed by atoms with Crippen molar-refractivity contribution >= 4 is 5.91 Å². The first-order chi connectivity index (χ1) is 29.2. The molecule has 1 heterocycles. The second kappa shape index (κ2) is 39.7. The van der Waals surface area contributed by atoms with Gasteiger partial charge < -0.3 is 50.5 Å². The molecule has 1 saturated heterocycles. The highest BCUT2D eigenvalue weighted by atomic mass is 16.7. The number of nitrogens with one attached hydrogen (secondary N) is 1. The summed E-state index contributed by atoms with van der Waals surface area (Å²) < 4.78 is 11.1. The Morgan fingerprint density at radius 2 is 0.900 bits per heavy atom. The van der Waals surface area contributed by atoms with E-state index in [9.17, 15) is 40.5 Å². The van der Waals surface area contributed by atoms with Gasteiger partial charge in [0.25, 0.3) is 0 Å². The number of carbonyl (C=O) groups excluding carboxylic acids is 1. The summed E-state index contributed by atoms with van der Waals surface area (Å²) in [7, 11) is 0. The molecule has 11 heteroatoms. The van der Waals surface area contributed by atoms with E-state index in [0.717, 1.165) is 38.5 Å². The minimum absolute atomic E-state index is 0.0313. The number of hydrogen-bond donors (Lipinski definition) is 8. The van der Waals surface area contributed by atoms with Crippen molar-refractivity contribution in [2.75, 3.05) is 13.2 Å². The average molecular weight is 860 g/mol. The second-order valence-electron chi connectivity index (χ2n) is 18.3. The van der Waals surface area contributed by atoms with Crippen LogP contribution in [0.15, 0.2) is 0 Å². The van der Waals surface area contributed by atoms with Crippen LogP contribution in [0.2, 0.25) is 0 Å². The van der Waals surface area contributed by atoms with Crippen LogP contribution >= 0.6 is 0 Å². The normalized spacial score (nSPS) is 21.5. The molecule has 0 aliphatic carbocycles. The maximum Gasteiger partial charge on any atom is 0.249 e. The van der Waals surface area contributed by atoms with Crippen LogP contribution in [0.5, 0.6) is 0 Å². The van der Waals surface area contributed by atoms with Gasteiger partial charge in [0.15, 0.2) is 6.29 Å². The van der Waals surface area contributed by atoms with E-state index in [-0.39, 0.29) is 19.4 Å². The molecular weight excluding hydrogens is 763 g/mol. The lowest BCUT2D eigenvalue weighted by Crippen LogP contribution is -2.60. The van der Waals surface area contributed by atoms with Crippen molar-refractivity contribution in [3.8, 4) is 0 Å². The van der Waals surface area contributed by atoms with Gasteiger partial charge in [-0.25, -0.2) is 0 Å². The first-order valence-corrected chi connectivity index (χ1v) is 25.4. The maximum atomic E-state index is 13.1. The molecule has 8 N–H and O–H groups in total. The molecule has 9 atom stereocenters. The van der Waals surface area contributed by atoms with E-state index in [0.29, 0.717) is 12.8 Å². The molecule has 0 bridgehead atoms. The fourth-order valence-electron chi connectivity index (χ4n) is 8.44. The van der Waals surface area contributed by atoms with Crippen LogP contribution in [0.3, 0.4) is 0 Å². The Bertz CT molecular complexity index is 944. The molecule has 1 fully saturated rings. The van der Waals surface area contributed by atoms with E-state index in [2.05, 4.69) is 19.2 Å². The summed E-state index contributed by atoms with van der Waals surface area (Å²) in [5, 5.41) is 75.7. The zero-order valence-electron chi connectivity index (χ0n) is 38.7. The molecule has 0 aromatic carbocycles. The van der Waals surface area contributed by atoms with Crippen LogP contribution in [0.1, 0.15) is 239 Å². The average Bonchev–Trinajstić information content (AvgIpc) is 3.24. The van der Waals surface area contributed by atoms with Crippen LogP contribution in [0.25, 0.3) is 0 Å². The van der Waals surface area contributed by atoms with Crippen molar-refractivity contribution < 1.29 is 50.0 Å². The molecule has 1 amide bonds. The third-order valence-corrected chi connectivity index (χ3v) is 12.6. The predicted octanol–water partition coefficient (Wildman–Crippen LogP) is 9.06. The summed E-state index contributed by atoms with van der Waals surface area (Å²) in [6.07, 6.45) is 30.0. The Hall–Kier alpha value is -0.890. The van der Waals surface area contributed by atoms with Crippen molar-refractivity contribution in [2.24, 2.45) is 0 Å². The third-order valence-electron chi connectivity index (χ3n) is 12.6. The quantitative estimate of drug-likeness (QED) is 0.0275. The molecule has 11 nitrogen and oxygen atoms in total. The van der Waals surface area contributed by atoms with Crippen molar-refractivity contribution in [2.45, 2.75) is 294 Å². The number of ether oxygens (including phenoxy) is 2. The van der Waals surface area contributed by atoms with Gasteiger partial charge in [-0.1, -0.05) is 219 Å². The Balaban J connectivity index is 2.36. The number of carbonyl (C=O) groups is 1. The van der Waals surface area contributed by atoms with E-state index in [4.69, 9.17) is 9.47 Å². The van der Waals surface area contributed by atoms with Gasteiger partial charge in [0.2, 0.25) is 5.91 Å². The van der Waals surface area contributed by atoms with E-state index in [1.165, 1.54) is 161 Å². The van der Waals surface area contributed by atoms with Gasteiger partial charge in [-0.15, -0.1) is 0 Å². The van der Waals surface area contributed by atoms with Crippen LogP contribution in [0, 0.1) is 0 Å². The van der Waals surface area contributed by atoms with Gasteiger partial charge in [0.1, 0.15) is 30.5 Å². The highest BCUT2D eigenvalue weighted by molar-refractivity contribution is 5.80. The number of hydrogen-bond acceptors (Lipinski definition) is 10. The topological polar surface area (TPSA) is 189 Å². The van der Waals surface area contributed by atoms with Gasteiger partial charge in [0, 0.05) is 6.42 Å². The molecule has 60 heavy (non-hydrogen) atoms. The molecule has 0 radical (unpaired) electrons. The minimum Gasteiger partial charge on any atom is -0.394 e. The zero-order valence-corrected chi connectivity index (χ0v) is 38.7. The fourth-order valence-corrected chi connectivity index (χ4v) is 8.44. The molecule has 0 aromatic rings. The minimum atomic E-state index is -1.64. The summed E-state index contributed by atoms with van der Waals surface area (Å²) in [6.45, 7) is 3.52. The van der Waals surface area contributed by atoms with E-state index < -0.39 is 67.6 Å². The van der Waals surface area contributed by atoms with Gasteiger partial charge in [-0.3, -0.25) is 4.79 Å². The molecular formula is C49H97NO10. The lowest BCUT2D eigenvalue weighted by molar-refractivity contribution is -0.302. The number of unbranched alkanes of at least 4 members (excludes halogenated alkanes) is 30. The predicted molar refractivity (Wildman–Crippen MR) is 243 cm³/mol. The standard InChI is InChI=1S/C49H97NO10/c1-3-5-7-9-11-13-15-17-18-19-20-21-22-23-24-26-28-30-32-34-36-42(53)48(58)50-41(39-59-49-47(57)46(56)45(55)44(38-51)60-49)43(54)37-40(52)35-33-31-29-27-25-16-14-12-10-8-6-4-2/h40-47,49,51-57H,3-39H2,1-2H3,(H,50,58). The van der Waals surface area contributed by atoms with Gasteiger partial charge in [-0.05, 0) is 12.8 Å². The van der Waals surface area contributed by atoms with Gasteiger partial charge >= 0.3 is 0 Å². The smallest absolute Gasteiger partial charge is 0.249 e. The monoisotopic (exact) mass is 860 g/mol. The number of amides is 1. The molecule has 9 unspecified atom stereocenters. The van der Waals surface area contributed by atoms with Crippen molar-refractivity contribution in [3.63, 3.8) is 0 Å². The number of aliphatic hydroxyl groups is 7. The Morgan fingerprint density at radius 1 is 0.533 bits per heavy atom. The Morgan fingerprint density at radius 3 is 1.28 bits per heavy atom. The Kier molecular flexibility index (Phi) is 37.8. The van der Waals surface area contributed by atoms with E-state index in [1.54, 1.807) is 0 Å². The van der Waals surface area contributed by atoms with Gasteiger partial charge in [0.05, 0.1) is 31.5 Å². The molecule has 1 aliphatic heterocycles. The first-order valence-electron chi connectivity index (χ1n) is 25.4. The first kappa shape index (κ1) is 57.1. The molecule has 358 valence electrons. The summed E-state index contributed by atoms with van der Waals surface area (Å²) in [5.41, 5.74) is 0. The van der Waals surface area contributed by atoms with Crippen LogP contribution in [-0.2, 0) is 14.3 Å². The second-order valence-corrected chi connectivity index (χ2v) is 18.3. The highest BCUT2D eigenvalue weighted by Crippen LogP contribution is 2.23. The van der Waals surface area contributed by atoms with E-state index in [1.807, 2.05) is 0 Å². The highest BCUT2D eigenvalue weighted by Gasteiger charge is 2.44. The van der Waals surface area contributed by atoms with Crippen molar-refractivity contribution in [1.82, 2.24) is 5.32 Å². The van der Waals surface area contributed by atoms with Crippen molar-refractivity contribution in [1.29, 1.82) is 0 Å².